The van der Waals surface area contributed by atoms with E-state index in [-0.39, 0.29) is 11.6 Å². The first-order valence-electron chi connectivity index (χ1n) is 6.07. The van der Waals surface area contributed by atoms with Gasteiger partial charge in [-0.05, 0) is 54.1 Å². The van der Waals surface area contributed by atoms with Crippen molar-refractivity contribution in [1.29, 1.82) is 0 Å². The molecule has 0 saturated carbocycles. The Balaban J connectivity index is 3.95. The molecule has 0 unspecified atom stereocenters. The molecule has 0 aromatic heterocycles. The molecule has 0 bridgehead atoms. The molecular formula is C12H25F3N2. The predicted molar refractivity (Wildman–Crippen MR) is 65.1 cm³/mol. The number of nitrogens with one attached hydrogen (secondary N) is 1. The van der Waals surface area contributed by atoms with Gasteiger partial charge in [0.25, 0.3) is 0 Å². The summed E-state index contributed by atoms with van der Waals surface area (Å²) in [5, 5.41) is 3.27. The normalized spacial score (nSPS) is 13.8. The minimum Gasteiger partial charge on any atom is -0.312 e. The second-order valence-corrected chi connectivity index (χ2v) is 5.71. The van der Waals surface area contributed by atoms with Crippen molar-refractivity contribution >= 4 is 0 Å². The molecular weight excluding hydrogens is 229 g/mol. The Morgan fingerprint density at radius 1 is 1.12 bits per heavy atom. The molecule has 0 aromatic rings. The Morgan fingerprint density at radius 2 is 1.65 bits per heavy atom. The van der Waals surface area contributed by atoms with Crippen LogP contribution in [0.15, 0.2) is 0 Å². The topological polar surface area (TPSA) is 15.3 Å². The number of halogens is 3. The van der Waals surface area contributed by atoms with Gasteiger partial charge in [0.2, 0.25) is 0 Å². The lowest BCUT2D eigenvalue weighted by Crippen LogP contribution is -2.42. The van der Waals surface area contributed by atoms with Crippen molar-refractivity contribution in [3.8, 4) is 0 Å². The van der Waals surface area contributed by atoms with Gasteiger partial charge < -0.3 is 5.32 Å². The Morgan fingerprint density at radius 3 is 2.00 bits per heavy atom. The highest BCUT2D eigenvalue weighted by Crippen LogP contribution is 2.18. The summed E-state index contributed by atoms with van der Waals surface area (Å²) < 4.78 is 36.9. The van der Waals surface area contributed by atoms with Crippen molar-refractivity contribution in [2.24, 2.45) is 0 Å². The van der Waals surface area contributed by atoms with Crippen LogP contribution >= 0.6 is 0 Å². The van der Waals surface area contributed by atoms with E-state index in [1.165, 1.54) is 4.90 Å². The van der Waals surface area contributed by atoms with E-state index in [2.05, 4.69) is 5.32 Å². The maximum Gasteiger partial charge on any atom is 0.401 e. The number of rotatable bonds is 6. The summed E-state index contributed by atoms with van der Waals surface area (Å²) >= 11 is 0. The molecule has 0 amide bonds. The zero-order valence-corrected chi connectivity index (χ0v) is 11.5. The highest BCUT2D eigenvalue weighted by atomic mass is 19.4. The highest BCUT2D eigenvalue weighted by Gasteiger charge is 2.31. The lowest BCUT2D eigenvalue weighted by Gasteiger charge is -2.28. The summed E-state index contributed by atoms with van der Waals surface area (Å²) in [6, 6.07) is -0.0775. The van der Waals surface area contributed by atoms with Gasteiger partial charge >= 0.3 is 6.18 Å². The molecule has 0 aromatic carbocycles. The zero-order chi connectivity index (χ0) is 13.7. The average molecular weight is 254 g/mol. The molecule has 0 radical (unpaired) electrons. The Hall–Kier alpha value is -0.290. The van der Waals surface area contributed by atoms with E-state index < -0.39 is 12.7 Å². The van der Waals surface area contributed by atoms with Gasteiger partial charge in [-0.1, -0.05) is 0 Å². The first-order valence-corrected chi connectivity index (χ1v) is 6.07. The Bertz CT molecular complexity index is 207. The van der Waals surface area contributed by atoms with Crippen molar-refractivity contribution in [2.75, 3.05) is 19.6 Å². The molecule has 0 saturated heterocycles. The van der Waals surface area contributed by atoms with Crippen LogP contribution in [0.3, 0.4) is 0 Å². The number of hydrogen-bond donors (Lipinski definition) is 1. The van der Waals surface area contributed by atoms with Gasteiger partial charge in [0, 0.05) is 11.6 Å². The van der Waals surface area contributed by atoms with Crippen molar-refractivity contribution in [2.45, 2.75) is 58.8 Å². The highest BCUT2D eigenvalue weighted by molar-refractivity contribution is 4.72. The van der Waals surface area contributed by atoms with Crippen LogP contribution in [0.2, 0.25) is 0 Å². The summed E-state index contributed by atoms with van der Waals surface area (Å²) in [4.78, 5) is 1.46. The number of hydrogen-bond acceptors (Lipinski definition) is 2. The summed E-state index contributed by atoms with van der Waals surface area (Å²) in [6.45, 7) is 10.1. The maximum atomic E-state index is 12.3. The van der Waals surface area contributed by atoms with Crippen LogP contribution in [0.1, 0.15) is 41.0 Å². The van der Waals surface area contributed by atoms with Gasteiger partial charge in [0.1, 0.15) is 0 Å². The fraction of sp³-hybridized carbons (Fsp3) is 1.00. The van der Waals surface area contributed by atoms with Gasteiger partial charge in [-0.3, -0.25) is 4.90 Å². The van der Waals surface area contributed by atoms with Crippen LogP contribution in [0.25, 0.3) is 0 Å². The lowest BCUT2D eigenvalue weighted by molar-refractivity contribution is -0.149. The second kappa shape index (κ2) is 6.59. The van der Waals surface area contributed by atoms with E-state index in [1.807, 2.05) is 20.8 Å². The van der Waals surface area contributed by atoms with E-state index in [0.29, 0.717) is 6.54 Å². The Labute approximate surface area is 103 Å². The third kappa shape index (κ3) is 10.6. The van der Waals surface area contributed by atoms with Crippen LogP contribution in [-0.2, 0) is 0 Å². The van der Waals surface area contributed by atoms with Crippen molar-refractivity contribution < 1.29 is 13.2 Å². The predicted octanol–water partition coefficient (Wildman–Crippen LogP) is 3.04. The smallest absolute Gasteiger partial charge is 0.312 e. The van der Waals surface area contributed by atoms with Crippen molar-refractivity contribution in [3.05, 3.63) is 0 Å². The molecule has 1 N–H and O–H groups in total. The summed E-state index contributed by atoms with van der Waals surface area (Å²) in [5.41, 5.74) is 0.0205. The molecule has 5 heteroatoms. The standard InChI is InChI=1S/C12H25F3N2/c1-10(2)17(9-12(13,14)15)8-6-7-16-11(3,4)5/h10,16H,6-9H2,1-5H3. The van der Waals surface area contributed by atoms with E-state index in [9.17, 15) is 13.2 Å². The summed E-state index contributed by atoms with van der Waals surface area (Å²) in [5.74, 6) is 0. The third-order valence-corrected chi connectivity index (χ3v) is 2.39. The van der Waals surface area contributed by atoms with Gasteiger partial charge in [-0.2, -0.15) is 13.2 Å². The van der Waals surface area contributed by atoms with Gasteiger partial charge in [0.15, 0.2) is 0 Å². The third-order valence-electron chi connectivity index (χ3n) is 2.39. The SMILES string of the molecule is CC(C)N(CCCNC(C)(C)C)CC(F)(F)F. The molecule has 0 heterocycles. The van der Waals surface area contributed by atoms with Gasteiger partial charge in [-0.25, -0.2) is 0 Å². The summed E-state index contributed by atoms with van der Waals surface area (Å²) in [7, 11) is 0. The molecule has 0 aliphatic rings. The fourth-order valence-corrected chi connectivity index (χ4v) is 1.50. The fourth-order valence-electron chi connectivity index (χ4n) is 1.50. The number of nitrogens with zero attached hydrogens (tertiary/aromatic N) is 1. The van der Waals surface area contributed by atoms with E-state index in [1.54, 1.807) is 13.8 Å². The zero-order valence-electron chi connectivity index (χ0n) is 11.5. The monoisotopic (exact) mass is 254 g/mol. The minimum absolute atomic E-state index is 0.0205. The average Bonchev–Trinajstić information content (AvgIpc) is 2.06. The van der Waals surface area contributed by atoms with Crippen LogP contribution in [0.4, 0.5) is 13.2 Å². The maximum absolute atomic E-state index is 12.3. The largest absolute Gasteiger partial charge is 0.401 e. The molecule has 0 aliphatic heterocycles. The molecule has 104 valence electrons. The summed E-state index contributed by atoms with van der Waals surface area (Å²) in [6.07, 6.45) is -3.38. The molecule has 17 heavy (non-hydrogen) atoms. The Kier molecular flexibility index (Phi) is 6.48. The molecule has 0 aliphatic carbocycles. The molecule has 0 fully saturated rings. The van der Waals surface area contributed by atoms with Crippen LogP contribution in [-0.4, -0.2) is 42.3 Å². The van der Waals surface area contributed by atoms with Gasteiger partial charge in [0.05, 0.1) is 6.54 Å². The van der Waals surface area contributed by atoms with Gasteiger partial charge in [-0.15, -0.1) is 0 Å². The molecule has 0 rings (SSSR count). The van der Waals surface area contributed by atoms with E-state index in [4.69, 9.17) is 0 Å². The molecule has 2 nitrogen and oxygen atoms in total. The van der Waals surface area contributed by atoms with Crippen LogP contribution < -0.4 is 5.32 Å². The minimum atomic E-state index is -4.11. The first-order chi connectivity index (χ1) is 7.51. The molecule has 0 atom stereocenters. The van der Waals surface area contributed by atoms with E-state index in [0.717, 1.165) is 13.0 Å². The van der Waals surface area contributed by atoms with Crippen LogP contribution in [0, 0.1) is 0 Å². The lowest BCUT2D eigenvalue weighted by atomic mass is 10.1. The number of alkyl halides is 3. The second-order valence-electron chi connectivity index (χ2n) is 5.71. The van der Waals surface area contributed by atoms with Crippen molar-refractivity contribution in [1.82, 2.24) is 10.2 Å². The first kappa shape index (κ1) is 16.7. The molecule has 0 spiro atoms. The van der Waals surface area contributed by atoms with Crippen molar-refractivity contribution in [3.63, 3.8) is 0 Å². The van der Waals surface area contributed by atoms with Crippen LogP contribution in [0.5, 0.6) is 0 Å². The quantitative estimate of drug-likeness (QED) is 0.733. The van der Waals surface area contributed by atoms with E-state index >= 15 is 0 Å².